The number of nitrogens with one attached hydrogen (secondary N) is 1. The SMILES string of the molecule is Cc1cccc2[nH]c(-c3ccc(Br)c(N)c3)nc12. The van der Waals surface area contributed by atoms with Crippen LogP contribution < -0.4 is 5.73 Å². The summed E-state index contributed by atoms with van der Waals surface area (Å²) in [4.78, 5) is 7.94. The van der Waals surface area contributed by atoms with Gasteiger partial charge in [-0.3, -0.25) is 0 Å². The lowest BCUT2D eigenvalue weighted by molar-refractivity contribution is 1.33. The Balaban J connectivity index is 2.19. The van der Waals surface area contributed by atoms with Crippen LogP contribution in [-0.4, -0.2) is 9.97 Å². The number of halogens is 1. The smallest absolute Gasteiger partial charge is 0.138 e. The highest BCUT2D eigenvalue weighted by molar-refractivity contribution is 9.10. The highest BCUT2D eigenvalue weighted by atomic mass is 79.9. The maximum atomic E-state index is 5.89. The third-order valence-electron chi connectivity index (χ3n) is 2.98. The van der Waals surface area contributed by atoms with Crippen molar-refractivity contribution in [3.05, 3.63) is 46.4 Å². The second-order valence-electron chi connectivity index (χ2n) is 4.29. The normalized spacial score (nSPS) is 11.0. The summed E-state index contributed by atoms with van der Waals surface area (Å²) >= 11 is 3.39. The summed E-state index contributed by atoms with van der Waals surface area (Å²) < 4.78 is 0.901. The lowest BCUT2D eigenvalue weighted by atomic mass is 10.2. The molecule has 0 saturated carbocycles. The minimum atomic E-state index is 0.713. The maximum absolute atomic E-state index is 5.89. The van der Waals surface area contributed by atoms with Gasteiger partial charge in [0.2, 0.25) is 0 Å². The van der Waals surface area contributed by atoms with Crippen LogP contribution >= 0.6 is 15.9 Å². The number of aryl methyl sites for hydroxylation is 1. The number of anilines is 1. The minimum absolute atomic E-state index is 0.713. The minimum Gasteiger partial charge on any atom is -0.398 e. The van der Waals surface area contributed by atoms with Crippen LogP contribution in [0.1, 0.15) is 5.56 Å². The number of fused-ring (bicyclic) bond motifs is 1. The Kier molecular flexibility index (Phi) is 2.59. The molecule has 1 aromatic heterocycles. The van der Waals surface area contributed by atoms with Gasteiger partial charge in [0.05, 0.1) is 11.0 Å². The van der Waals surface area contributed by atoms with Crippen molar-refractivity contribution in [3.8, 4) is 11.4 Å². The van der Waals surface area contributed by atoms with Crippen LogP contribution in [0.3, 0.4) is 0 Å². The van der Waals surface area contributed by atoms with Crippen LogP contribution in [0.15, 0.2) is 40.9 Å². The first kappa shape index (κ1) is 11.3. The van der Waals surface area contributed by atoms with E-state index in [9.17, 15) is 0 Å². The number of rotatable bonds is 1. The van der Waals surface area contributed by atoms with Crippen molar-refractivity contribution >= 4 is 32.7 Å². The van der Waals surface area contributed by atoms with Gasteiger partial charge >= 0.3 is 0 Å². The Bertz CT molecular complexity index is 731. The van der Waals surface area contributed by atoms with Crippen molar-refractivity contribution < 1.29 is 0 Å². The number of hydrogen-bond acceptors (Lipinski definition) is 2. The average molecular weight is 302 g/mol. The van der Waals surface area contributed by atoms with Crippen LogP contribution in [0, 0.1) is 6.92 Å². The van der Waals surface area contributed by atoms with Crippen molar-refractivity contribution in [1.29, 1.82) is 0 Å². The second kappa shape index (κ2) is 4.14. The molecule has 0 aliphatic carbocycles. The number of nitrogens with zero attached hydrogens (tertiary/aromatic N) is 1. The summed E-state index contributed by atoms with van der Waals surface area (Å²) in [5, 5.41) is 0. The molecule has 0 radical (unpaired) electrons. The van der Waals surface area contributed by atoms with Gasteiger partial charge in [0.25, 0.3) is 0 Å². The van der Waals surface area contributed by atoms with E-state index >= 15 is 0 Å². The first-order valence-electron chi connectivity index (χ1n) is 5.66. The number of H-pyrrole nitrogens is 1. The molecule has 0 fully saturated rings. The number of nitrogen functional groups attached to an aromatic ring is 1. The Morgan fingerprint density at radius 2 is 2.06 bits per heavy atom. The predicted octanol–water partition coefficient (Wildman–Crippen LogP) is 3.88. The second-order valence-corrected chi connectivity index (χ2v) is 5.15. The summed E-state index contributed by atoms with van der Waals surface area (Å²) in [6, 6.07) is 12.0. The van der Waals surface area contributed by atoms with Crippen LogP contribution in [0.4, 0.5) is 5.69 Å². The summed E-state index contributed by atoms with van der Waals surface area (Å²) in [6.07, 6.45) is 0. The molecule has 0 atom stereocenters. The fourth-order valence-electron chi connectivity index (χ4n) is 2.00. The van der Waals surface area contributed by atoms with Crippen molar-refractivity contribution in [1.82, 2.24) is 9.97 Å². The molecule has 0 aliphatic rings. The number of para-hydroxylation sites is 1. The summed E-state index contributed by atoms with van der Waals surface area (Å²) in [5.74, 6) is 0.846. The van der Waals surface area contributed by atoms with Crippen LogP contribution in [0.2, 0.25) is 0 Å². The van der Waals surface area contributed by atoms with Crippen molar-refractivity contribution in [2.45, 2.75) is 6.92 Å². The van der Waals surface area contributed by atoms with E-state index in [0.717, 1.165) is 26.9 Å². The topological polar surface area (TPSA) is 54.7 Å². The van der Waals surface area contributed by atoms with E-state index in [1.165, 1.54) is 5.56 Å². The Morgan fingerprint density at radius 3 is 2.78 bits per heavy atom. The molecule has 3 aromatic rings. The number of aromatic amines is 1. The zero-order chi connectivity index (χ0) is 12.7. The highest BCUT2D eigenvalue weighted by Crippen LogP contribution is 2.27. The van der Waals surface area contributed by atoms with Gasteiger partial charge in [0.1, 0.15) is 5.82 Å². The number of benzene rings is 2. The van der Waals surface area contributed by atoms with E-state index in [1.807, 2.05) is 30.3 Å². The van der Waals surface area contributed by atoms with Crippen LogP contribution in [-0.2, 0) is 0 Å². The fourth-order valence-corrected chi connectivity index (χ4v) is 2.25. The van der Waals surface area contributed by atoms with Gasteiger partial charge in [-0.2, -0.15) is 0 Å². The van der Waals surface area contributed by atoms with Gasteiger partial charge in [-0.05, 0) is 52.7 Å². The van der Waals surface area contributed by atoms with Gasteiger partial charge < -0.3 is 10.7 Å². The largest absolute Gasteiger partial charge is 0.398 e. The lowest BCUT2D eigenvalue weighted by Crippen LogP contribution is -1.88. The molecule has 0 unspecified atom stereocenters. The fraction of sp³-hybridized carbons (Fsp3) is 0.0714. The summed E-state index contributed by atoms with van der Waals surface area (Å²) in [5.41, 5.74) is 10.8. The van der Waals surface area contributed by atoms with E-state index in [4.69, 9.17) is 5.73 Å². The van der Waals surface area contributed by atoms with Crippen LogP contribution in [0.25, 0.3) is 22.4 Å². The Morgan fingerprint density at radius 1 is 1.22 bits per heavy atom. The highest BCUT2D eigenvalue weighted by Gasteiger charge is 2.07. The molecule has 3 N–H and O–H groups in total. The van der Waals surface area contributed by atoms with Gasteiger partial charge in [-0.25, -0.2) is 4.98 Å². The molecule has 4 heteroatoms. The monoisotopic (exact) mass is 301 g/mol. The maximum Gasteiger partial charge on any atom is 0.138 e. The van der Waals surface area contributed by atoms with E-state index in [2.05, 4.69) is 38.9 Å². The van der Waals surface area contributed by atoms with Crippen molar-refractivity contribution in [3.63, 3.8) is 0 Å². The predicted molar refractivity (Wildman–Crippen MR) is 78.4 cm³/mol. The molecule has 0 saturated heterocycles. The Labute approximate surface area is 113 Å². The van der Waals surface area contributed by atoms with Gasteiger partial charge in [0.15, 0.2) is 0 Å². The third-order valence-corrected chi connectivity index (χ3v) is 3.71. The van der Waals surface area contributed by atoms with E-state index < -0.39 is 0 Å². The zero-order valence-corrected chi connectivity index (χ0v) is 11.5. The molecule has 3 nitrogen and oxygen atoms in total. The third kappa shape index (κ3) is 1.78. The zero-order valence-electron chi connectivity index (χ0n) is 9.87. The van der Waals surface area contributed by atoms with E-state index in [0.29, 0.717) is 5.69 Å². The molecule has 0 aliphatic heterocycles. The lowest BCUT2D eigenvalue weighted by Gasteiger charge is -2.00. The van der Waals surface area contributed by atoms with Crippen molar-refractivity contribution in [2.24, 2.45) is 0 Å². The molecule has 2 aromatic carbocycles. The standard InChI is InChI=1S/C14H12BrN3/c1-8-3-2-4-12-13(8)18-14(17-12)9-5-6-10(15)11(16)7-9/h2-7H,16H2,1H3,(H,17,18). The number of imidazole rings is 1. The summed E-state index contributed by atoms with van der Waals surface area (Å²) in [6.45, 7) is 2.06. The molecular formula is C14H12BrN3. The molecule has 3 rings (SSSR count). The summed E-state index contributed by atoms with van der Waals surface area (Å²) in [7, 11) is 0. The molecule has 90 valence electrons. The average Bonchev–Trinajstić information content (AvgIpc) is 2.78. The van der Waals surface area contributed by atoms with E-state index in [-0.39, 0.29) is 0 Å². The van der Waals surface area contributed by atoms with Gasteiger partial charge in [-0.15, -0.1) is 0 Å². The number of hydrogen-bond donors (Lipinski definition) is 2. The first-order chi connectivity index (χ1) is 8.65. The molecule has 0 amide bonds. The van der Waals surface area contributed by atoms with Gasteiger partial charge in [0, 0.05) is 15.7 Å². The van der Waals surface area contributed by atoms with Gasteiger partial charge in [-0.1, -0.05) is 12.1 Å². The molecule has 0 spiro atoms. The molecular weight excluding hydrogens is 290 g/mol. The first-order valence-corrected chi connectivity index (χ1v) is 6.45. The Hall–Kier alpha value is -1.81. The molecule has 0 bridgehead atoms. The number of nitrogens with two attached hydrogens (primary N) is 1. The van der Waals surface area contributed by atoms with Crippen LogP contribution in [0.5, 0.6) is 0 Å². The quantitative estimate of drug-likeness (QED) is 0.670. The van der Waals surface area contributed by atoms with Crippen molar-refractivity contribution in [2.75, 3.05) is 5.73 Å². The molecule has 18 heavy (non-hydrogen) atoms. The molecule has 1 heterocycles. The number of aromatic nitrogens is 2. The van der Waals surface area contributed by atoms with E-state index in [1.54, 1.807) is 0 Å².